The van der Waals surface area contributed by atoms with Crippen LogP contribution in [0, 0.1) is 10.6 Å². The molecule has 0 radical (unpaired) electrons. The fourth-order valence-corrected chi connectivity index (χ4v) is 3.14. The first-order valence-electron chi connectivity index (χ1n) is 8.24. The lowest BCUT2D eigenvalue weighted by atomic mass is 10.1. The maximum atomic E-state index is 13.3. The van der Waals surface area contributed by atoms with Gasteiger partial charge in [-0.3, -0.25) is 14.2 Å². The molecule has 1 heterocycles. The first-order valence-corrected chi connectivity index (χ1v) is 8.64. The fourth-order valence-electron chi connectivity index (χ4n) is 2.82. The number of aromatic amines is 1. The smallest absolute Gasteiger partial charge is 0.262 e. The molecule has 0 aliphatic carbocycles. The van der Waals surface area contributed by atoms with E-state index in [0.29, 0.717) is 33.3 Å². The summed E-state index contributed by atoms with van der Waals surface area (Å²) in [5.74, 6) is -0.670. The van der Waals surface area contributed by atoms with Gasteiger partial charge in [-0.25, -0.2) is 4.39 Å². The highest BCUT2D eigenvalue weighted by Gasteiger charge is 2.14. The van der Waals surface area contributed by atoms with Gasteiger partial charge in [0.15, 0.2) is 4.77 Å². The van der Waals surface area contributed by atoms with Crippen molar-refractivity contribution in [2.24, 2.45) is 0 Å². The Hall–Kier alpha value is -2.80. The number of aromatic nitrogens is 2. The Morgan fingerprint density at radius 2 is 2.08 bits per heavy atom. The number of nitrogens with zero attached hydrogens (tertiary/aromatic N) is 1. The molecule has 0 saturated carbocycles. The molecule has 7 heteroatoms. The Labute approximate surface area is 154 Å². The molecule has 1 atom stereocenters. The lowest BCUT2D eigenvalue weighted by Crippen LogP contribution is -2.27. The number of carbonyl (C=O) groups is 1. The normalized spacial score (nSPS) is 12.1. The van der Waals surface area contributed by atoms with E-state index >= 15 is 0 Å². The van der Waals surface area contributed by atoms with Crippen LogP contribution in [0.2, 0.25) is 0 Å². The average molecular weight is 371 g/mol. The van der Waals surface area contributed by atoms with E-state index in [1.165, 1.54) is 16.7 Å². The quantitative estimate of drug-likeness (QED) is 0.687. The zero-order valence-corrected chi connectivity index (χ0v) is 15.2. The number of nitrogens with one attached hydrogen (secondary N) is 2. The molecule has 0 saturated heterocycles. The average Bonchev–Trinajstić information content (AvgIpc) is 2.61. The van der Waals surface area contributed by atoms with Gasteiger partial charge in [0.2, 0.25) is 0 Å². The SMILES string of the molecule is CCn1c(=S)[nH]c2cc(C(=O)NC(C)c3cccc(F)c3)ccc2c1=O. The monoisotopic (exact) mass is 371 g/mol. The van der Waals surface area contributed by atoms with Gasteiger partial charge in [-0.05, 0) is 62.0 Å². The number of benzene rings is 2. The second kappa shape index (κ2) is 7.21. The Morgan fingerprint density at radius 1 is 1.31 bits per heavy atom. The molecule has 1 amide bonds. The largest absolute Gasteiger partial charge is 0.346 e. The van der Waals surface area contributed by atoms with Crippen molar-refractivity contribution in [1.82, 2.24) is 14.9 Å². The molecule has 1 unspecified atom stereocenters. The zero-order chi connectivity index (χ0) is 18.8. The van der Waals surface area contributed by atoms with Crippen molar-refractivity contribution >= 4 is 29.0 Å². The summed E-state index contributed by atoms with van der Waals surface area (Å²) >= 11 is 5.19. The van der Waals surface area contributed by atoms with Gasteiger partial charge in [0.05, 0.1) is 16.9 Å². The highest BCUT2D eigenvalue weighted by atomic mass is 32.1. The van der Waals surface area contributed by atoms with Crippen LogP contribution in [0.15, 0.2) is 47.3 Å². The van der Waals surface area contributed by atoms with Crippen LogP contribution in [0.4, 0.5) is 4.39 Å². The molecular weight excluding hydrogens is 353 g/mol. The highest BCUT2D eigenvalue weighted by Crippen LogP contribution is 2.16. The van der Waals surface area contributed by atoms with Gasteiger partial charge in [0.1, 0.15) is 5.82 Å². The first kappa shape index (κ1) is 18.0. The van der Waals surface area contributed by atoms with Gasteiger partial charge in [-0.15, -0.1) is 0 Å². The van der Waals surface area contributed by atoms with Gasteiger partial charge < -0.3 is 10.3 Å². The van der Waals surface area contributed by atoms with Gasteiger partial charge in [0.25, 0.3) is 11.5 Å². The van der Waals surface area contributed by atoms with Crippen LogP contribution in [0.1, 0.15) is 35.8 Å². The highest BCUT2D eigenvalue weighted by molar-refractivity contribution is 7.71. The van der Waals surface area contributed by atoms with Gasteiger partial charge >= 0.3 is 0 Å². The molecule has 0 fully saturated rings. The van der Waals surface area contributed by atoms with Gasteiger partial charge in [0, 0.05) is 12.1 Å². The molecule has 134 valence electrons. The predicted octanol–water partition coefficient (Wildman–Crippen LogP) is 3.71. The van der Waals surface area contributed by atoms with Crippen LogP contribution in [-0.4, -0.2) is 15.5 Å². The zero-order valence-electron chi connectivity index (χ0n) is 14.4. The second-order valence-corrected chi connectivity index (χ2v) is 6.38. The van der Waals surface area contributed by atoms with Crippen molar-refractivity contribution in [3.63, 3.8) is 0 Å². The Kier molecular flexibility index (Phi) is 4.99. The molecular formula is C19H18FN3O2S. The molecule has 3 aromatic rings. The van der Waals surface area contributed by atoms with E-state index < -0.39 is 0 Å². The van der Waals surface area contributed by atoms with Crippen LogP contribution < -0.4 is 10.9 Å². The first-order chi connectivity index (χ1) is 12.4. The summed E-state index contributed by atoms with van der Waals surface area (Å²) in [7, 11) is 0. The lowest BCUT2D eigenvalue weighted by molar-refractivity contribution is 0.0940. The fraction of sp³-hybridized carbons (Fsp3) is 0.211. The summed E-state index contributed by atoms with van der Waals surface area (Å²) in [5, 5.41) is 3.30. The molecule has 2 aromatic carbocycles. The number of hydrogen-bond acceptors (Lipinski definition) is 3. The summed E-state index contributed by atoms with van der Waals surface area (Å²) < 4.78 is 15.1. The predicted molar refractivity (Wildman–Crippen MR) is 101 cm³/mol. The number of H-pyrrole nitrogens is 1. The van der Waals surface area contributed by atoms with Gasteiger partial charge in [-0.2, -0.15) is 0 Å². The van der Waals surface area contributed by atoms with Crippen molar-refractivity contribution < 1.29 is 9.18 Å². The summed E-state index contributed by atoms with van der Waals surface area (Å²) in [6, 6.07) is 10.5. The molecule has 5 nitrogen and oxygen atoms in total. The molecule has 0 aliphatic rings. The number of halogens is 1. The minimum absolute atomic E-state index is 0.189. The summed E-state index contributed by atoms with van der Waals surface area (Å²) in [5.41, 5.74) is 1.38. The number of rotatable bonds is 4. The van der Waals surface area contributed by atoms with Crippen molar-refractivity contribution in [2.45, 2.75) is 26.4 Å². The molecule has 1 aromatic heterocycles. The van der Waals surface area contributed by atoms with E-state index in [0.717, 1.165) is 0 Å². The van der Waals surface area contributed by atoms with E-state index in [1.54, 1.807) is 37.3 Å². The third kappa shape index (κ3) is 3.43. The maximum absolute atomic E-state index is 13.3. The van der Waals surface area contributed by atoms with Crippen LogP contribution in [-0.2, 0) is 6.54 Å². The number of hydrogen-bond donors (Lipinski definition) is 2. The van der Waals surface area contributed by atoms with E-state index in [4.69, 9.17) is 12.2 Å². The van der Waals surface area contributed by atoms with E-state index in [9.17, 15) is 14.0 Å². The Morgan fingerprint density at radius 3 is 2.77 bits per heavy atom. The summed E-state index contributed by atoms with van der Waals surface area (Å²) in [4.78, 5) is 27.9. The lowest BCUT2D eigenvalue weighted by Gasteiger charge is -2.15. The topological polar surface area (TPSA) is 66.9 Å². The Balaban J connectivity index is 1.91. The van der Waals surface area contributed by atoms with Crippen LogP contribution in [0.5, 0.6) is 0 Å². The van der Waals surface area contributed by atoms with Gasteiger partial charge in [-0.1, -0.05) is 12.1 Å². The number of fused-ring (bicyclic) bond motifs is 1. The molecule has 0 spiro atoms. The molecule has 0 bridgehead atoms. The van der Waals surface area contributed by atoms with E-state index in [1.807, 2.05) is 6.92 Å². The van der Waals surface area contributed by atoms with Crippen molar-refractivity contribution in [1.29, 1.82) is 0 Å². The Bertz CT molecular complexity index is 1100. The minimum atomic E-state index is -0.361. The third-order valence-electron chi connectivity index (χ3n) is 4.26. The molecule has 2 N–H and O–H groups in total. The van der Waals surface area contributed by atoms with Crippen LogP contribution >= 0.6 is 12.2 Å². The summed E-state index contributed by atoms with van der Waals surface area (Å²) in [6.45, 7) is 4.09. The van der Waals surface area contributed by atoms with Crippen LogP contribution in [0.25, 0.3) is 10.9 Å². The molecule has 0 aliphatic heterocycles. The van der Waals surface area contributed by atoms with E-state index in [2.05, 4.69) is 10.3 Å². The number of carbonyl (C=O) groups excluding carboxylic acids is 1. The second-order valence-electron chi connectivity index (χ2n) is 5.99. The van der Waals surface area contributed by atoms with Crippen LogP contribution in [0.3, 0.4) is 0 Å². The maximum Gasteiger partial charge on any atom is 0.262 e. The van der Waals surface area contributed by atoms with E-state index in [-0.39, 0.29) is 23.3 Å². The van der Waals surface area contributed by atoms with Crippen molar-refractivity contribution in [3.8, 4) is 0 Å². The summed E-state index contributed by atoms with van der Waals surface area (Å²) in [6.07, 6.45) is 0. The number of amides is 1. The minimum Gasteiger partial charge on any atom is -0.346 e. The molecule has 3 rings (SSSR count). The molecule has 26 heavy (non-hydrogen) atoms. The van der Waals surface area contributed by atoms with Crippen molar-refractivity contribution in [2.75, 3.05) is 0 Å². The third-order valence-corrected chi connectivity index (χ3v) is 4.58. The van der Waals surface area contributed by atoms with Crippen molar-refractivity contribution in [3.05, 3.63) is 74.5 Å². The standard InChI is InChI=1S/C19H18FN3O2S/c1-3-23-18(25)15-8-7-13(10-16(15)22-19(23)26)17(24)21-11(2)12-5-4-6-14(20)9-12/h4-11H,3H2,1-2H3,(H,21,24)(H,22,26).